The zero-order valence-corrected chi connectivity index (χ0v) is 12.7. The molecule has 23 heavy (non-hydrogen) atoms. The highest BCUT2D eigenvalue weighted by Crippen LogP contribution is 2.21. The number of benzene rings is 1. The van der Waals surface area contributed by atoms with Crippen LogP contribution in [0.15, 0.2) is 30.3 Å². The van der Waals surface area contributed by atoms with Crippen molar-refractivity contribution < 1.29 is 34.3 Å². The second-order valence-corrected chi connectivity index (χ2v) is 5.17. The molecule has 0 spiro atoms. The second-order valence-electron chi connectivity index (χ2n) is 5.17. The summed E-state index contributed by atoms with van der Waals surface area (Å²) in [5.41, 5.74) is 0.812. The van der Waals surface area contributed by atoms with Gasteiger partial charge in [0.05, 0.1) is 6.61 Å². The molecule has 1 saturated heterocycles. The lowest BCUT2D eigenvalue weighted by Gasteiger charge is -2.41. The number of amides is 1. The average Bonchev–Trinajstić information content (AvgIpc) is 2.58. The summed E-state index contributed by atoms with van der Waals surface area (Å²) in [5, 5.41) is 31.5. The van der Waals surface area contributed by atoms with Crippen LogP contribution in [0.25, 0.3) is 0 Å². The predicted molar refractivity (Wildman–Crippen MR) is 78.3 cm³/mol. The van der Waals surface area contributed by atoms with Crippen LogP contribution in [0.1, 0.15) is 5.56 Å². The minimum atomic E-state index is -1.37. The molecular formula is C15H21NO7. The molecule has 1 fully saturated rings. The first-order chi connectivity index (χ1) is 11.1. The smallest absolute Gasteiger partial charge is 0.407 e. The van der Waals surface area contributed by atoms with Crippen molar-refractivity contribution in [3.8, 4) is 0 Å². The molecule has 1 aliphatic rings. The average molecular weight is 327 g/mol. The highest BCUT2D eigenvalue weighted by molar-refractivity contribution is 5.67. The van der Waals surface area contributed by atoms with Gasteiger partial charge in [0, 0.05) is 7.11 Å². The van der Waals surface area contributed by atoms with Crippen molar-refractivity contribution in [2.45, 2.75) is 37.3 Å². The number of rotatable bonds is 5. The Kier molecular flexibility index (Phi) is 6.31. The molecule has 0 saturated carbocycles. The van der Waals surface area contributed by atoms with E-state index in [9.17, 15) is 15.0 Å². The monoisotopic (exact) mass is 327 g/mol. The van der Waals surface area contributed by atoms with Crippen molar-refractivity contribution >= 4 is 6.09 Å². The van der Waals surface area contributed by atoms with E-state index in [0.29, 0.717) is 0 Å². The van der Waals surface area contributed by atoms with Crippen LogP contribution in [0, 0.1) is 0 Å². The number of aliphatic hydroxyl groups excluding tert-OH is 3. The van der Waals surface area contributed by atoms with Crippen LogP contribution in [-0.2, 0) is 20.8 Å². The Morgan fingerprint density at radius 2 is 1.96 bits per heavy atom. The van der Waals surface area contributed by atoms with Gasteiger partial charge < -0.3 is 34.8 Å². The third-order valence-electron chi connectivity index (χ3n) is 3.61. The van der Waals surface area contributed by atoms with Crippen LogP contribution in [0.4, 0.5) is 4.79 Å². The summed E-state index contributed by atoms with van der Waals surface area (Å²) in [6.07, 6.45) is -5.51. The van der Waals surface area contributed by atoms with Crippen molar-refractivity contribution in [3.63, 3.8) is 0 Å². The van der Waals surface area contributed by atoms with Crippen LogP contribution >= 0.6 is 0 Å². The number of carbonyl (C=O) groups excluding carboxylic acids is 1. The van der Waals surface area contributed by atoms with Crippen LogP contribution < -0.4 is 5.32 Å². The molecular weight excluding hydrogens is 306 g/mol. The summed E-state index contributed by atoms with van der Waals surface area (Å²) in [4.78, 5) is 11.9. The van der Waals surface area contributed by atoms with E-state index in [2.05, 4.69) is 5.32 Å². The summed E-state index contributed by atoms with van der Waals surface area (Å²) in [6, 6.07) is 8.07. The number of alkyl carbamates (subject to hydrolysis) is 1. The predicted octanol–water partition coefficient (Wildman–Crippen LogP) is -0.633. The highest BCUT2D eigenvalue weighted by Gasteiger charge is 2.45. The van der Waals surface area contributed by atoms with Gasteiger partial charge in [0.15, 0.2) is 6.29 Å². The van der Waals surface area contributed by atoms with E-state index in [-0.39, 0.29) is 6.61 Å². The molecule has 128 valence electrons. The molecule has 1 aliphatic heterocycles. The Hall–Kier alpha value is -1.71. The molecule has 8 heteroatoms. The van der Waals surface area contributed by atoms with Gasteiger partial charge in [-0.15, -0.1) is 0 Å². The maximum atomic E-state index is 11.9. The van der Waals surface area contributed by atoms with Gasteiger partial charge in [0.2, 0.25) is 0 Å². The van der Waals surface area contributed by atoms with Gasteiger partial charge in [-0.3, -0.25) is 0 Å². The van der Waals surface area contributed by atoms with Crippen LogP contribution in [-0.4, -0.2) is 65.8 Å². The third kappa shape index (κ3) is 4.40. The van der Waals surface area contributed by atoms with Crippen LogP contribution in [0.3, 0.4) is 0 Å². The van der Waals surface area contributed by atoms with Crippen molar-refractivity contribution in [1.82, 2.24) is 5.32 Å². The van der Waals surface area contributed by atoms with Crippen molar-refractivity contribution in [3.05, 3.63) is 35.9 Å². The fraction of sp³-hybridized carbons (Fsp3) is 0.533. The van der Waals surface area contributed by atoms with Crippen LogP contribution in [0.2, 0.25) is 0 Å². The lowest BCUT2D eigenvalue weighted by Crippen LogP contribution is -2.64. The first-order valence-corrected chi connectivity index (χ1v) is 7.19. The van der Waals surface area contributed by atoms with Crippen LogP contribution in [0.5, 0.6) is 0 Å². The summed E-state index contributed by atoms with van der Waals surface area (Å²) >= 11 is 0. The standard InChI is InChI=1S/C15H21NO7/c1-21-14-11(13(19)12(18)10(7-17)23-14)16-15(20)22-8-9-5-3-2-4-6-9/h2-6,10-14,17-19H,7-8H2,1H3,(H,16,20)/t10-,11+,12-,13-,14+/m1/s1. The Balaban J connectivity index is 1.92. The molecule has 1 heterocycles. The van der Waals surface area contributed by atoms with E-state index in [4.69, 9.17) is 19.3 Å². The highest BCUT2D eigenvalue weighted by atomic mass is 16.7. The number of hydrogen-bond acceptors (Lipinski definition) is 7. The molecule has 2 rings (SSSR count). The number of ether oxygens (including phenoxy) is 3. The molecule has 8 nitrogen and oxygen atoms in total. The zero-order valence-electron chi connectivity index (χ0n) is 12.7. The number of hydrogen-bond donors (Lipinski definition) is 4. The lowest BCUT2D eigenvalue weighted by molar-refractivity contribution is -0.262. The van der Waals surface area contributed by atoms with Gasteiger partial charge in [0.25, 0.3) is 0 Å². The van der Waals surface area contributed by atoms with E-state index in [1.807, 2.05) is 18.2 Å². The van der Waals surface area contributed by atoms with Crippen molar-refractivity contribution in [2.24, 2.45) is 0 Å². The first-order valence-electron chi connectivity index (χ1n) is 7.19. The van der Waals surface area contributed by atoms with Gasteiger partial charge in [-0.25, -0.2) is 4.79 Å². The quantitative estimate of drug-likeness (QED) is 0.568. The zero-order chi connectivity index (χ0) is 16.8. The molecule has 4 N–H and O–H groups in total. The SMILES string of the molecule is CO[C@H]1O[C@H](CO)[C@@H](O)[C@H](O)[C@@H]1NC(=O)OCc1ccccc1. The first kappa shape index (κ1) is 17.6. The summed E-state index contributed by atoms with van der Waals surface area (Å²) < 4.78 is 15.4. The fourth-order valence-electron chi connectivity index (χ4n) is 2.34. The molecule has 5 atom stereocenters. The maximum absolute atomic E-state index is 11.9. The largest absolute Gasteiger partial charge is 0.445 e. The molecule has 0 radical (unpaired) electrons. The third-order valence-corrected chi connectivity index (χ3v) is 3.61. The lowest BCUT2D eigenvalue weighted by atomic mass is 9.97. The summed E-state index contributed by atoms with van der Waals surface area (Å²) in [6.45, 7) is -0.418. The number of methoxy groups -OCH3 is 1. The second kappa shape index (κ2) is 8.23. The minimum Gasteiger partial charge on any atom is -0.445 e. The van der Waals surface area contributed by atoms with Gasteiger partial charge in [-0.2, -0.15) is 0 Å². The maximum Gasteiger partial charge on any atom is 0.407 e. The Morgan fingerprint density at radius 1 is 1.26 bits per heavy atom. The number of aliphatic hydroxyl groups is 3. The summed E-state index contributed by atoms with van der Waals surface area (Å²) in [7, 11) is 1.33. The molecule has 1 aromatic rings. The topological polar surface area (TPSA) is 117 Å². The van der Waals surface area contributed by atoms with E-state index in [1.54, 1.807) is 12.1 Å². The molecule has 0 aliphatic carbocycles. The van der Waals surface area contributed by atoms with E-state index in [0.717, 1.165) is 5.56 Å². The van der Waals surface area contributed by atoms with E-state index >= 15 is 0 Å². The molecule has 0 aromatic heterocycles. The Morgan fingerprint density at radius 3 is 2.57 bits per heavy atom. The minimum absolute atomic E-state index is 0.0653. The van der Waals surface area contributed by atoms with Gasteiger partial charge in [-0.05, 0) is 5.56 Å². The van der Waals surface area contributed by atoms with E-state index in [1.165, 1.54) is 7.11 Å². The van der Waals surface area contributed by atoms with Crippen molar-refractivity contribution in [2.75, 3.05) is 13.7 Å². The fourth-order valence-corrected chi connectivity index (χ4v) is 2.34. The molecule has 1 amide bonds. The number of carbonyl (C=O) groups is 1. The Bertz CT molecular complexity index is 496. The molecule has 1 aromatic carbocycles. The van der Waals surface area contributed by atoms with Gasteiger partial charge >= 0.3 is 6.09 Å². The van der Waals surface area contributed by atoms with Crippen molar-refractivity contribution in [1.29, 1.82) is 0 Å². The van der Waals surface area contributed by atoms with Gasteiger partial charge in [-0.1, -0.05) is 30.3 Å². The molecule has 0 unspecified atom stereocenters. The molecule has 0 bridgehead atoms. The summed E-state index contributed by atoms with van der Waals surface area (Å²) in [5.74, 6) is 0. The van der Waals surface area contributed by atoms with Gasteiger partial charge in [0.1, 0.15) is 31.0 Å². The normalized spacial score (nSPS) is 30.7. The van der Waals surface area contributed by atoms with E-state index < -0.39 is 43.3 Å². The number of nitrogens with one attached hydrogen (secondary N) is 1. The Labute approximate surface area is 133 Å².